The van der Waals surface area contributed by atoms with Crippen LogP contribution in [-0.4, -0.2) is 15.9 Å². The number of phenols is 1. The smallest absolute Gasteiger partial charge is 0.179 e. The molecule has 136 valence electrons. The van der Waals surface area contributed by atoms with Crippen LogP contribution < -0.4 is 0 Å². The Kier molecular flexibility index (Phi) is 5.17. The van der Waals surface area contributed by atoms with Crippen LogP contribution in [0.1, 0.15) is 80.7 Å². The highest BCUT2D eigenvalue weighted by Gasteiger charge is 2.26. The number of aryl methyl sites for hydroxylation is 2. The number of aromatic nitrogens is 1. The molecule has 0 bridgehead atoms. The molecule has 1 aromatic carbocycles. The first-order valence-electron chi connectivity index (χ1n) is 8.95. The summed E-state index contributed by atoms with van der Waals surface area (Å²) in [6.45, 7) is 14.6. The predicted molar refractivity (Wildman–Crippen MR) is 104 cm³/mol. The number of ketones is 1. The second-order valence-corrected chi connectivity index (χ2v) is 9.00. The van der Waals surface area contributed by atoms with E-state index in [9.17, 15) is 9.90 Å². The number of phenolic OH excluding ortho intramolecular Hbond substituents is 1. The summed E-state index contributed by atoms with van der Waals surface area (Å²) in [7, 11) is 0. The minimum Gasteiger partial charge on any atom is -0.507 e. The van der Waals surface area contributed by atoms with E-state index in [1.807, 2.05) is 13.0 Å². The molecule has 3 nitrogen and oxygen atoms in total. The fraction of sp³-hybridized carbons (Fsp3) is 0.500. The highest BCUT2D eigenvalue weighted by molar-refractivity contribution is 5.95. The molecular formula is C22H31NO2. The highest BCUT2D eigenvalue weighted by atomic mass is 16.3. The van der Waals surface area contributed by atoms with Gasteiger partial charge in [0.2, 0.25) is 0 Å². The van der Waals surface area contributed by atoms with E-state index >= 15 is 0 Å². The number of nitrogens with one attached hydrogen (secondary N) is 1. The molecule has 0 amide bonds. The van der Waals surface area contributed by atoms with Crippen LogP contribution >= 0.6 is 0 Å². The van der Waals surface area contributed by atoms with Crippen molar-refractivity contribution in [3.63, 3.8) is 0 Å². The van der Waals surface area contributed by atoms with Crippen molar-refractivity contribution in [2.45, 2.75) is 72.1 Å². The number of benzene rings is 1. The molecule has 0 unspecified atom stereocenters. The lowest BCUT2D eigenvalue weighted by Gasteiger charge is -2.28. The molecule has 0 aliphatic heterocycles. The van der Waals surface area contributed by atoms with Crippen molar-refractivity contribution in [1.82, 2.24) is 4.98 Å². The number of Topliss-reactive ketones (excluding diaryl/α,β-unsaturated/α-hetero) is 1. The van der Waals surface area contributed by atoms with E-state index in [4.69, 9.17) is 0 Å². The van der Waals surface area contributed by atoms with E-state index < -0.39 is 0 Å². The van der Waals surface area contributed by atoms with Gasteiger partial charge in [0.1, 0.15) is 5.75 Å². The number of aromatic amines is 1. The summed E-state index contributed by atoms with van der Waals surface area (Å²) < 4.78 is 0. The molecule has 0 saturated heterocycles. The lowest BCUT2D eigenvalue weighted by Crippen LogP contribution is -2.18. The predicted octanol–water partition coefficient (Wildman–Crippen LogP) is 5.44. The normalized spacial score (nSPS) is 12.4. The summed E-state index contributed by atoms with van der Waals surface area (Å²) in [5.74, 6) is 0.514. The largest absolute Gasteiger partial charge is 0.507 e. The molecule has 25 heavy (non-hydrogen) atoms. The second kappa shape index (κ2) is 6.70. The van der Waals surface area contributed by atoms with Crippen molar-refractivity contribution < 1.29 is 9.90 Å². The molecule has 1 aromatic heterocycles. The van der Waals surface area contributed by atoms with Gasteiger partial charge >= 0.3 is 0 Å². The second-order valence-electron chi connectivity index (χ2n) is 9.00. The first-order chi connectivity index (χ1) is 11.4. The molecule has 0 saturated carbocycles. The topological polar surface area (TPSA) is 53.1 Å². The lowest BCUT2D eigenvalue weighted by atomic mass is 9.78. The number of hydrogen-bond donors (Lipinski definition) is 2. The lowest BCUT2D eigenvalue weighted by molar-refractivity contribution is 0.0978. The van der Waals surface area contributed by atoms with Gasteiger partial charge in [-0.15, -0.1) is 0 Å². The Bertz CT molecular complexity index is 735. The minimum absolute atomic E-state index is 0.130. The quantitative estimate of drug-likeness (QED) is 0.728. The molecule has 2 rings (SSSR count). The summed E-state index contributed by atoms with van der Waals surface area (Å²) >= 11 is 0. The average molecular weight is 341 g/mol. The Hall–Kier alpha value is -2.03. The van der Waals surface area contributed by atoms with Crippen LogP contribution in [0.4, 0.5) is 0 Å². The fourth-order valence-corrected chi connectivity index (χ4v) is 3.11. The van der Waals surface area contributed by atoms with Crippen LogP contribution in [0, 0.1) is 6.92 Å². The maximum atomic E-state index is 12.4. The highest BCUT2D eigenvalue weighted by Crippen LogP contribution is 2.40. The molecule has 0 fully saturated rings. The average Bonchev–Trinajstić information content (AvgIpc) is 2.89. The molecule has 2 N–H and O–H groups in total. The van der Waals surface area contributed by atoms with Crippen molar-refractivity contribution in [2.75, 3.05) is 0 Å². The molecule has 2 aromatic rings. The molecule has 1 heterocycles. The summed E-state index contributed by atoms with van der Waals surface area (Å²) in [5.41, 5.74) is 4.37. The van der Waals surface area contributed by atoms with E-state index in [0.29, 0.717) is 24.3 Å². The molecule has 0 radical (unpaired) electrons. The minimum atomic E-state index is -0.153. The summed E-state index contributed by atoms with van der Waals surface area (Å²) in [6, 6.07) is 6.03. The summed E-state index contributed by atoms with van der Waals surface area (Å²) in [6.07, 6.45) is 2.93. The van der Waals surface area contributed by atoms with Gasteiger partial charge in [0, 0.05) is 12.6 Å². The van der Waals surface area contributed by atoms with Gasteiger partial charge in [-0.1, -0.05) is 53.7 Å². The zero-order valence-electron chi connectivity index (χ0n) is 16.6. The van der Waals surface area contributed by atoms with Gasteiger partial charge in [-0.25, -0.2) is 0 Å². The number of carbonyl (C=O) groups is 1. The van der Waals surface area contributed by atoms with E-state index in [-0.39, 0.29) is 16.6 Å². The summed E-state index contributed by atoms with van der Waals surface area (Å²) in [4.78, 5) is 15.5. The van der Waals surface area contributed by atoms with Crippen molar-refractivity contribution in [3.05, 3.63) is 52.3 Å². The number of H-pyrrole nitrogens is 1. The number of rotatable bonds is 4. The van der Waals surface area contributed by atoms with Gasteiger partial charge in [-0.05, 0) is 52.5 Å². The zero-order chi connectivity index (χ0) is 19.0. The van der Waals surface area contributed by atoms with Crippen LogP contribution in [0.15, 0.2) is 24.4 Å². The maximum absolute atomic E-state index is 12.4. The first kappa shape index (κ1) is 19.3. The van der Waals surface area contributed by atoms with E-state index in [1.54, 1.807) is 6.20 Å². The Labute approximate surface area is 151 Å². The van der Waals surface area contributed by atoms with Crippen LogP contribution in [0.2, 0.25) is 0 Å². The number of aromatic hydroxyl groups is 1. The van der Waals surface area contributed by atoms with Crippen LogP contribution in [0.3, 0.4) is 0 Å². The first-order valence-corrected chi connectivity index (χ1v) is 8.95. The Morgan fingerprint density at radius 3 is 1.96 bits per heavy atom. The van der Waals surface area contributed by atoms with Gasteiger partial charge in [0.25, 0.3) is 0 Å². The third-order valence-corrected chi connectivity index (χ3v) is 4.66. The van der Waals surface area contributed by atoms with Crippen LogP contribution in [0.25, 0.3) is 0 Å². The monoisotopic (exact) mass is 341 g/mol. The van der Waals surface area contributed by atoms with Gasteiger partial charge in [0.05, 0.1) is 5.69 Å². The number of hydrogen-bond acceptors (Lipinski definition) is 2. The molecule has 0 spiro atoms. The van der Waals surface area contributed by atoms with Crippen LogP contribution in [0.5, 0.6) is 5.75 Å². The molecule has 0 aliphatic rings. The Balaban J connectivity index is 2.35. The maximum Gasteiger partial charge on any atom is 0.179 e. The van der Waals surface area contributed by atoms with Gasteiger partial charge in [0.15, 0.2) is 5.78 Å². The molecule has 3 heteroatoms. The van der Waals surface area contributed by atoms with Crippen molar-refractivity contribution in [1.29, 1.82) is 0 Å². The molecule has 0 aliphatic carbocycles. The van der Waals surface area contributed by atoms with Crippen molar-refractivity contribution in [2.24, 2.45) is 0 Å². The number of carbonyl (C=O) groups excluding carboxylic acids is 1. The SMILES string of the molecule is Cc1cc[nH]c1C(=O)CCc1cc(C(C)(C)C)c(O)c(C(C)(C)C)c1. The van der Waals surface area contributed by atoms with Crippen molar-refractivity contribution >= 4 is 5.78 Å². The Morgan fingerprint density at radius 2 is 1.56 bits per heavy atom. The summed E-state index contributed by atoms with van der Waals surface area (Å²) in [5, 5.41) is 10.8. The molecular weight excluding hydrogens is 310 g/mol. The third-order valence-electron chi connectivity index (χ3n) is 4.66. The standard InChI is InChI=1S/C22H31NO2/c1-14-10-11-23-19(14)18(24)9-8-15-12-16(21(2,3)4)20(25)17(13-15)22(5,6)7/h10-13,23,25H,8-9H2,1-7H3. The van der Waals surface area contributed by atoms with E-state index in [1.165, 1.54) is 0 Å². The third kappa shape index (κ3) is 4.33. The van der Waals surface area contributed by atoms with Crippen molar-refractivity contribution in [3.8, 4) is 5.75 Å². The van der Waals surface area contributed by atoms with E-state index in [0.717, 1.165) is 22.3 Å². The van der Waals surface area contributed by atoms with Gasteiger partial charge in [-0.3, -0.25) is 4.79 Å². The van der Waals surface area contributed by atoms with Crippen LogP contribution in [-0.2, 0) is 17.3 Å². The van der Waals surface area contributed by atoms with E-state index in [2.05, 4.69) is 58.7 Å². The molecule has 0 atom stereocenters. The Morgan fingerprint density at radius 1 is 1.04 bits per heavy atom. The van der Waals surface area contributed by atoms with Gasteiger partial charge < -0.3 is 10.1 Å². The zero-order valence-corrected chi connectivity index (χ0v) is 16.6. The van der Waals surface area contributed by atoms with Gasteiger partial charge in [-0.2, -0.15) is 0 Å². The fourth-order valence-electron chi connectivity index (χ4n) is 3.11.